The summed E-state index contributed by atoms with van der Waals surface area (Å²) in [4.78, 5) is 0. The average Bonchev–Trinajstić information content (AvgIpc) is 2.38. The zero-order valence-corrected chi connectivity index (χ0v) is 9.98. The minimum atomic E-state index is -0.521. The van der Waals surface area contributed by atoms with Crippen LogP contribution < -0.4 is 5.73 Å². The first-order valence-corrected chi connectivity index (χ1v) is 5.47. The van der Waals surface area contributed by atoms with Crippen LogP contribution in [0.1, 0.15) is 11.5 Å². The van der Waals surface area contributed by atoms with Gasteiger partial charge in [-0.3, -0.25) is 0 Å². The molecule has 4 nitrogen and oxygen atoms in total. The first-order chi connectivity index (χ1) is 8.67. The maximum absolute atomic E-state index is 9.14. The topological polar surface area (TPSA) is 82.8 Å². The van der Waals surface area contributed by atoms with Crippen molar-refractivity contribution in [1.82, 2.24) is 0 Å². The highest BCUT2D eigenvalue weighted by atomic mass is 35.5. The quantitative estimate of drug-likeness (QED) is 0.838. The van der Waals surface area contributed by atoms with Crippen molar-refractivity contribution in [3.8, 4) is 12.1 Å². The lowest BCUT2D eigenvalue weighted by Gasteiger charge is -2.21. The molecule has 1 unspecified atom stereocenters. The summed E-state index contributed by atoms with van der Waals surface area (Å²) in [7, 11) is 0. The third kappa shape index (κ3) is 2.02. The minimum absolute atomic E-state index is 0.0153. The molecular formula is C13H8ClN3O. The fourth-order valence-corrected chi connectivity index (χ4v) is 2.00. The van der Waals surface area contributed by atoms with Gasteiger partial charge >= 0.3 is 0 Å². The van der Waals surface area contributed by atoms with Gasteiger partial charge in [-0.25, -0.2) is 0 Å². The van der Waals surface area contributed by atoms with E-state index in [0.29, 0.717) is 10.6 Å². The molecule has 2 N–H and O–H groups in total. The van der Waals surface area contributed by atoms with Gasteiger partial charge in [0.25, 0.3) is 0 Å². The molecule has 0 saturated heterocycles. The fourth-order valence-electron chi connectivity index (χ4n) is 1.80. The van der Waals surface area contributed by atoms with Gasteiger partial charge < -0.3 is 10.5 Å². The summed E-state index contributed by atoms with van der Waals surface area (Å²) >= 11 is 5.92. The molecule has 0 amide bonds. The maximum Gasteiger partial charge on any atom is 0.204 e. The van der Waals surface area contributed by atoms with E-state index in [0.717, 1.165) is 5.56 Å². The van der Waals surface area contributed by atoms with Crippen molar-refractivity contribution in [3.05, 3.63) is 58.1 Å². The molecule has 0 radical (unpaired) electrons. The largest absolute Gasteiger partial charge is 0.447 e. The predicted octanol–water partition coefficient (Wildman–Crippen LogP) is 2.56. The van der Waals surface area contributed by atoms with E-state index in [1.54, 1.807) is 24.3 Å². The zero-order valence-electron chi connectivity index (χ0n) is 9.22. The monoisotopic (exact) mass is 257 g/mol. The van der Waals surface area contributed by atoms with Crippen LogP contribution in [0.5, 0.6) is 0 Å². The van der Waals surface area contributed by atoms with Gasteiger partial charge in [0.1, 0.15) is 17.9 Å². The number of allylic oxidation sites excluding steroid dienone is 2. The summed E-state index contributed by atoms with van der Waals surface area (Å²) in [5.41, 5.74) is 6.90. The molecule has 1 aliphatic heterocycles. The number of hydrogen-bond acceptors (Lipinski definition) is 4. The Bertz CT molecular complexity index is 634. The van der Waals surface area contributed by atoms with Crippen LogP contribution in [0.4, 0.5) is 0 Å². The summed E-state index contributed by atoms with van der Waals surface area (Å²) in [6.45, 7) is 0. The van der Waals surface area contributed by atoms with Gasteiger partial charge in [0.15, 0.2) is 0 Å². The Morgan fingerprint density at radius 2 is 2.06 bits per heavy atom. The van der Waals surface area contributed by atoms with E-state index in [1.807, 2.05) is 12.1 Å². The Hall–Kier alpha value is -2.43. The van der Waals surface area contributed by atoms with Crippen LogP contribution in [0.2, 0.25) is 5.02 Å². The molecule has 0 spiro atoms. The number of nitrogens with zero attached hydrogens (tertiary/aromatic N) is 2. The number of rotatable bonds is 1. The van der Waals surface area contributed by atoms with Crippen LogP contribution in [0.25, 0.3) is 0 Å². The number of halogens is 1. The molecule has 0 fully saturated rings. The fraction of sp³-hybridized carbons (Fsp3) is 0.0769. The lowest BCUT2D eigenvalue weighted by Crippen LogP contribution is -2.16. The van der Waals surface area contributed by atoms with Gasteiger partial charge in [0, 0.05) is 5.02 Å². The predicted molar refractivity (Wildman–Crippen MR) is 65.8 cm³/mol. The molecule has 1 heterocycles. The van der Waals surface area contributed by atoms with Gasteiger partial charge in [-0.2, -0.15) is 10.5 Å². The molecule has 0 aromatic heterocycles. The van der Waals surface area contributed by atoms with Crippen LogP contribution in [0.3, 0.4) is 0 Å². The smallest absolute Gasteiger partial charge is 0.204 e. The molecule has 0 saturated carbocycles. The molecule has 0 bridgehead atoms. The van der Waals surface area contributed by atoms with Gasteiger partial charge in [-0.05, 0) is 17.7 Å². The lowest BCUT2D eigenvalue weighted by molar-refractivity contribution is 0.326. The third-order valence-electron chi connectivity index (χ3n) is 2.61. The van der Waals surface area contributed by atoms with Gasteiger partial charge in [-0.15, -0.1) is 0 Å². The van der Waals surface area contributed by atoms with Crippen LogP contribution in [0, 0.1) is 22.7 Å². The standard InChI is InChI=1S/C13H8ClN3O/c14-10-3-1-2-8(4-10)12-9(5-15)7-18-13(17)11(12)6-16/h1-4,7,12H,17H2. The summed E-state index contributed by atoms with van der Waals surface area (Å²) in [5, 5.41) is 18.8. The Morgan fingerprint density at radius 1 is 1.28 bits per heavy atom. The van der Waals surface area contributed by atoms with Crippen LogP contribution in [0.15, 0.2) is 47.6 Å². The molecular weight excluding hydrogens is 250 g/mol. The van der Waals surface area contributed by atoms with Gasteiger partial charge in [0.05, 0.1) is 17.6 Å². The second-order valence-corrected chi connectivity index (χ2v) is 4.12. The summed E-state index contributed by atoms with van der Waals surface area (Å²) in [6, 6.07) is 11.0. The highest BCUT2D eigenvalue weighted by Gasteiger charge is 2.28. The van der Waals surface area contributed by atoms with Crippen molar-refractivity contribution in [1.29, 1.82) is 10.5 Å². The van der Waals surface area contributed by atoms with Crippen molar-refractivity contribution >= 4 is 11.6 Å². The van der Waals surface area contributed by atoms with E-state index in [9.17, 15) is 0 Å². The van der Waals surface area contributed by atoms with Crippen LogP contribution in [-0.4, -0.2) is 0 Å². The molecule has 1 aliphatic rings. The van der Waals surface area contributed by atoms with Gasteiger partial charge in [0.2, 0.25) is 5.88 Å². The van der Waals surface area contributed by atoms with E-state index >= 15 is 0 Å². The number of ether oxygens (including phenoxy) is 1. The Labute approximate surface area is 109 Å². The van der Waals surface area contributed by atoms with Crippen molar-refractivity contribution < 1.29 is 4.74 Å². The Balaban J connectivity index is 2.57. The highest BCUT2D eigenvalue weighted by Crippen LogP contribution is 2.36. The van der Waals surface area contributed by atoms with Crippen molar-refractivity contribution in [3.63, 3.8) is 0 Å². The normalized spacial score (nSPS) is 18.4. The van der Waals surface area contributed by atoms with Crippen molar-refractivity contribution in [2.45, 2.75) is 5.92 Å². The Kier molecular flexibility index (Phi) is 3.23. The maximum atomic E-state index is 9.14. The third-order valence-corrected chi connectivity index (χ3v) is 2.84. The number of hydrogen-bond donors (Lipinski definition) is 1. The number of benzene rings is 1. The molecule has 5 heteroatoms. The second-order valence-electron chi connectivity index (χ2n) is 3.68. The molecule has 0 aliphatic carbocycles. The Morgan fingerprint density at radius 3 is 2.67 bits per heavy atom. The summed E-state index contributed by atoms with van der Waals surface area (Å²) < 4.78 is 4.98. The van der Waals surface area contributed by atoms with Crippen LogP contribution in [-0.2, 0) is 4.74 Å². The first kappa shape index (κ1) is 12.0. The molecule has 18 heavy (non-hydrogen) atoms. The molecule has 1 aromatic carbocycles. The SMILES string of the molecule is N#CC1=COC(N)=C(C#N)C1c1cccc(Cl)c1. The van der Waals surface area contributed by atoms with E-state index in [4.69, 9.17) is 32.6 Å². The summed E-state index contributed by atoms with van der Waals surface area (Å²) in [5.74, 6) is -0.506. The second kappa shape index (κ2) is 4.83. The molecule has 2 rings (SSSR count). The van der Waals surface area contributed by atoms with Crippen molar-refractivity contribution in [2.75, 3.05) is 0 Å². The number of nitrogens with two attached hydrogens (primary N) is 1. The van der Waals surface area contributed by atoms with E-state index in [2.05, 4.69) is 0 Å². The molecule has 1 atom stereocenters. The lowest BCUT2D eigenvalue weighted by atomic mass is 9.85. The first-order valence-electron chi connectivity index (χ1n) is 5.09. The molecule has 88 valence electrons. The van der Waals surface area contributed by atoms with Gasteiger partial charge in [-0.1, -0.05) is 23.7 Å². The minimum Gasteiger partial charge on any atom is -0.447 e. The zero-order chi connectivity index (χ0) is 13.1. The van der Waals surface area contributed by atoms with Crippen molar-refractivity contribution in [2.24, 2.45) is 5.73 Å². The van der Waals surface area contributed by atoms with E-state index in [-0.39, 0.29) is 11.5 Å². The number of nitriles is 2. The summed E-state index contributed by atoms with van der Waals surface area (Å²) in [6.07, 6.45) is 1.27. The average molecular weight is 258 g/mol. The van der Waals surface area contributed by atoms with E-state index in [1.165, 1.54) is 6.26 Å². The van der Waals surface area contributed by atoms with Crippen LogP contribution >= 0.6 is 11.6 Å². The molecule has 1 aromatic rings. The van der Waals surface area contributed by atoms with E-state index < -0.39 is 5.92 Å². The highest BCUT2D eigenvalue weighted by molar-refractivity contribution is 6.30.